The van der Waals surface area contributed by atoms with Gasteiger partial charge in [0.1, 0.15) is 0 Å². The van der Waals surface area contributed by atoms with Crippen molar-refractivity contribution < 1.29 is 0 Å². The molecule has 0 aliphatic rings. The van der Waals surface area contributed by atoms with E-state index in [1.165, 1.54) is 16.3 Å². The Labute approximate surface area is 101 Å². The minimum absolute atomic E-state index is 0.890. The van der Waals surface area contributed by atoms with Gasteiger partial charge in [-0.25, -0.2) is 0 Å². The van der Waals surface area contributed by atoms with Crippen LogP contribution < -0.4 is 5.73 Å². The summed E-state index contributed by atoms with van der Waals surface area (Å²) in [7, 11) is 0. The van der Waals surface area contributed by atoms with Crippen molar-refractivity contribution in [1.82, 2.24) is 0 Å². The van der Waals surface area contributed by atoms with Crippen molar-refractivity contribution in [3.63, 3.8) is 0 Å². The predicted octanol–water partition coefficient (Wildman–Crippen LogP) is 4.14. The molecule has 0 bridgehead atoms. The minimum atomic E-state index is 0.890. The second kappa shape index (κ2) is 3.77. The fourth-order valence-corrected chi connectivity index (χ4v) is 2.38. The molecule has 0 saturated carbocycles. The van der Waals surface area contributed by atoms with Crippen LogP contribution in [0.1, 0.15) is 12.5 Å². The molecule has 0 unspecified atom stereocenters. The second-order valence-corrected chi connectivity index (χ2v) is 4.42. The van der Waals surface area contributed by atoms with Crippen LogP contribution in [0.15, 0.2) is 48.5 Å². The van der Waals surface area contributed by atoms with E-state index in [4.69, 9.17) is 5.73 Å². The number of nitrogens with two attached hydrogens (primary N) is 1. The van der Waals surface area contributed by atoms with Crippen molar-refractivity contribution in [2.75, 3.05) is 5.73 Å². The minimum Gasteiger partial charge on any atom is -0.398 e. The van der Waals surface area contributed by atoms with E-state index in [0.717, 1.165) is 22.9 Å². The van der Waals surface area contributed by atoms with E-state index in [9.17, 15) is 0 Å². The predicted molar refractivity (Wildman–Crippen MR) is 75.2 cm³/mol. The number of anilines is 1. The first-order valence-electron chi connectivity index (χ1n) is 5.99. The molecule has 3 aromatic carbocycles. The Bertz CT molecular complexity index is 698. The van der Waals surface area contributed by atoms with Crippen molar-refractivity contribution >= 4 is 27.2 Å². The van der Waals surface area contributed by atoms with Gasteiger partial charge >= 0.3 is 0 Å². The van der Waals surface area contributed by atoms with E-state index in [1.54, 1.807) is 0 Å². The van der Waals surface area contributed by atoms with Crippen molar-refractivity contribution in [2.45, 2.75) is 13.3 Å². The molecule has 0 atom stereocenters. The van der Waals surface area contributed by atoms with E-state index in [0.29, 0.717) is 0 Å². The Hall–Kier alpha value is -2.02. The van der Waals surface area contributed by atoms with Crippen molar-refractivity contribution in [3.8, 4) is 0 Å². The molecule has 84 valence electrons. The number of aryl methyl sites for hydroxylation is 1. The molecule has 3 rings (SSSR count). The third kappa shape index (κ3) is 1.55. The lowest BCUT2D eigenvalue weighted by Crippen LogP contribution is -1.90. The van der Waals surface area contributed by atoms with Crippen molar-refractivity contribution in [3.05, 3.63) is 54.1 Å². The molecule has 0 spiro atoms. The van der Waals surface area contributed by atoms with Crippen LogP contribution in [0.5, 0.6) is 0 Å². The van der Waals surface area contributed by atoms with Crippen molar-refractivity contribution in [2.24, 2.45) is 0 Å². The zero-order valence-electron chi connectivity index (χ0n) is 9.90. The van der Waals surface area contributed by atoms with Crippen LogP contribution >= 0.6 is 0 Å². The molecule has 17 heavy (non-hydrogen) atoms. The number of nitrogen functional groups attached to an aromatic ring is 1. The van der Waals surface area contributed by atoms with Gasteiger partial charge in [-0.15, -0.1) is 0 Å². The van der Waals surface area contributed by atoms with Gasteiger partial charge in [0, 0.05) is 16.5 Å². The lowest BCUT2D eigenvalue weighted by Gasteiger charge is -2.08. The second-order valence-electron chi connectivity index (χ2n) is 4.42. The zero-order valence-corrected chi connectivity index (χ0v) is 9.90. The molecule has 0 saturated heterocycles. The Morgan fingerprint density at radius 3 is 2.47 bits per heavy atom. The SMILES string of the molecule is CCc1ccc2c(N)c3ccccc3cc2c1. The molecule has 0 aliphatic carbocycles. The van der Waals surface area contributed by atoms with Gasteiger partial charge in [-0.2, -0.15) is 0 Å². The van der Waals surface area contributed by atoms with Crippen LogP contribution in [-0.2, 0) is 6.42 Å². The highest BCUT2D eigenvalue weighted by atomic mass is 14.6. The lowest BCUT2D eigenvalue weighted by molar-refractivity contribution is 1.15. The molecule has 0 radical (unpaired) electrons. The molecular formula is C16H15N. The molecule has 2 N–H and O–H groups in total. The fourth-order valence-electron chi connectivity index (χ4n) is 2.38. The monoisotopic (exact) mass is 221 g/mol. The van der Waals surface area contributed by atoms with E-state index < -0.39 is 0 Å². The number of benzene rings is 3. The Kier molecular flexibility index (Phi) is 2.25. The maximum absolute atomic E-state index is 6.25. The Morgan fingerprint density at radius 2 is 1.65 bits per heavy atom. The fraction of sp³-hybridized carbons (Fsp3) is 0.125. The molecule has 1 heteroatoms. The van der Waals surface area contributed by atoms with Crippen LogP contribution in [0.4, 0.5) is 5.69 Å². The number of fused-ring (bicyclic) bond motifs is 2. The van der Waals surface area contributed by atoms with Crippen LogP contribution in [0.2, 0.25) is 0 Å². The average molecular weight is 221 g/mol. The molecule has 0 aromatic heterocycles. The summed E-state index contributed by atoms with van der Waals surface area (Å²) < 4.78 is 0. The highest BCUT2D eigenvalue weighted by Gasteiger charge is 2.04. The van der Waals surface area contributed by atoms with Gasteiger partial charge < -0.3 is 5.73 Å². The van der Waals surface area contributed by atoms with Gasteiger partial charge in [0.25, 0.3) is 0 Å². The quantitative estimate of drug-likeness (QED) is 0.485. The highest BCUT2D eigenvalue weighted by Crippen LogP contribution is 2.30. The summed E-state index contributed by atoms with van der Waals surface area (Å²) in [6.45, 7) is 2.17. The summed E-state index contributed by atoms with van der Waals surface area (Å²) in [5.74, 6) is 0. The van der Waals surface area contributed by atoms with Crippen LogP contribution in [0, 0.1) is 0 Å². The molecule has 3 aromatic rings. The largest absolute Gasteiger partial charge is 0.398 e. The van der Waals surface area contributed by atoms with Gasteiger partial charge in [-0.05, 0) is 28.8 Å². The summed E-state index contributed by atoms with van der Waals surface area (Å²) in [6, 6.07) is 17.0. The maximum Gasteiger partial charge on any atom is 0.0473 e. The topological polar surface area (TPSA) is 26.0 Å². The Balaban J connectivity index is 2.45. The van der Waals surface area contributed by atoms with Gasteiger partial charge in [0.05, 0.1) is 0 Å². The molecule has 1 nitrogen and oxygen atoms in total. The van der Waals surface area contributed by atoms with Gasteiger partial charge in [-0.1, -0.05) is 49.4 Å². The first-order valence-corrected chi connectivity index (χ1v) is 5.99. The highest BCUT2D eigenvalue weighted by molar-refractivity contribution is 6.10. The normalized spacial score (nSPS) is 11.1. The molecule has 0 aliphatic heterocycles. The molecular weight excluding hydrogens is 206 g/mol. The third-order valence-corrected chi connectivity index (χ3v) is 3.38. The average Bonchev–Trinajstić information content (AvgIpc) is 2.38. The van der Waals surface area contributed by atoms with E-state index in [1.807, 2.05) is 6.07 Å². The van der Waals surface area contributed by atoms with Gasteiger partial charge in [0.15, 0.2) is 0 Å². The lowest BCUT2D eigenvalue weighted by atomic mass is 9.99. The number of rotatable bonds is 1. The molecule has 0 fully saturated rings. The van der Waals surface area contributed by atoms with E-state index in [2.05, 4.69) is 49.4 Å². The van der Waals surface area contributed by atoms with Crippen LogP contribution in [0.25, 0.3) is 21.5 Å². The molecule has 0 amide bonds. The summed E-state index contributed by atoms with van der Waals surface area (Å²) >= 11 is 0. The smallest absolute Gasteiger partial charge is 0.0473 e. The zero-order chi connectivity index (χ0) is 11.8. The number of hydrogen-bond acceptors (Lipinski definition) is 1. The summed E-state index contributed by atoms with van der Waals surface area (Å²) in [5.41, 5.74) is 8.49. The first kappa shape index (κ1) is 10.2. The third-order valence-electron chi connectivity index (χ3n) is 3.38. The number of hydrogen-bond donors (Lipinski definition) is 1. The van der Waals surface area contributed by atoms with Crippen LogP contribution in [0.3, 0.4) is 0 Å². The van der Waals surface area contributed by atoms with Crippen LogP contribution in [-0.4, -0.2) is 0 Å². The van der Waals surface area contributed by atoms with Gasteiger partial charge in [0.2, 0.25) is 0 Å². The van der Waals surface area contributed by atoms with E-state index in [-0.39, 0.29) is 0 Å². The van der Waals surface area contributed by atoms with Crippen molar-refractivity contribution in [1.29, 1.82) is 0 Å². The summed E-state index contributed by atoms with van der Waals surface area (Å²) in [5, 5.41) is 4.75. The Morgan fingerprint density at radius 1 is 0.882 bits per heavy atom. The standard InChI is InChI=1S/C16H15N/c1-2-11-7-8-15-13(9-11)10-12-5-3-4-6-14(12)16(15)17/h3-10H,2,17H2,1H3. The summed E-state index contributed by atoms with van der Waals surface area (Å²) in [4.78, 5) is 0. The summed E-state index contributed by atoms with van der Waals surface area (Å²) in [6.07, 6.45) is 1.06. The van der Waals surface area contributed by atoms with E-state index >= 15 is 0 Å². The molecule has 0 heterocycles. The first-order chi connectivity index (χ1) is 8.29. The van der Waals surface area contributed by atoms with Gasteiger partial charge in [-0.3, -0.25) is 0 Å². The maximum atomic E-state index is 6.25.